The third-order valence-electron chi connectivity index (χ3n) is 5.90. The van der Waals surface area contributed by atoms with Crippen LogP contribution in [0, 0.1) is 5.82 Å². The van der Waals surface area contributed by atoms with Gasteiger partial charge in [-0.2, -0.15) is 14.8 Å². The number of carbonyl (C=O) groups is 1. The van der Waals surface area contributed by atoms with Crippen LogP contribution in [0.5, 0.6) is 0 Å². The minimum atomic E-state index is -0.724. The number of hydrogen-bond donors (Lipinski definition) is 1. The highest BCUT2D eigenvalue weighted by Gasteiger charge is 2.23. The fraction of sp³-hybridized carbons (Fsp3) is 0.455. The molecular formula is C22H26FN7O4. The molecular weight excluding hydrogens is 445 g/mol. The largest absolute Gasteiger partial charge is 0.352 e. The van der Waals surface area contributed by atoms with Gasteiger partial charge in [-0.05, 0) is 57.5 Å². The maximum atomic E-state index is 13.3. The van der Waals surface area contributed by atoms with Gasteiger partial charge in [-0.15, -0.1) is 0 Å². The summed E-state index contributed by atoms with van der Waals surface area (Å²) in [5, 5.41) is 10.6. The third kappa shape index (κ3) is 4.81. The van der Waals surface area contributed by atoms with E-state index in [-0.39, 0.29) is 29.6 Å². The van der Waals surface area contributed by atoms with Crippen molar-refractivity contribution >= 4 is 5.91 Å². The molecule has 4 rings (SSSR count). The van der Waals surface area contributed by atoms with Gasteiger partial charge in [0.05, 0.1) is 5.69 Å². The number of hydrogen-bond acceptors (Lipinski definition) is 8. The summed E-state index contributed by atoms with van der Waals surface area (Å²) < 4.78 is 20.3. The molecule has 0 spiro atoms. The molecule has 1 fully saturated rings. The van der Waals surface area contributed by atoms with Crippen LogP contribution < -0.4 is 16.6 Å². The van der Waals surface area contributed by atoms with E-state index in [0.717, 1.165) is 28.6 Å². The van der Waals surface area contributed by atoms with E-state index >= 15 is 0 Å². The zero-order valence-corrected chi connectivity index (χ0v) is 19.0. The lowest BCUT2D eigenvalue weighted by Crippen LogP contribution is -2.42. The zero-order chi connectivity index (χ0) is 24.2. The van der Waals surface area contributed by atoms with Crippen LogP contribution in [0.2, 0.25) is 0 Å². The Morgan fingerprint density at radius 3 is 2.71 bits per heavy atom. The monoisotopic (exact) mass is 471 g/mol. The topological polar surface area (TPSA) is 128 Å². The van der Waals surface area contributed by atoms with Crippen molar-refractivity contribution in [1.82, 2.24) is 34.7 Å². The Morgan fingerprint density at radius 1 is 1.24 bits per heavy atom. The summed E-state index contributed by atoms with van der Waals surface area (Å²) in [4.78, 5) is 44.3. The number of halogens is 1. The summed E-state index contributed by atoms with van der Waals surface area (Å²) in [5.74, 6) is -1.58. The first kappa shape index (κ1) is 23.5. The third-order valence-corrected chi connectivity index (χ3v) is 5.90. The highest BCUT2D eigenvalue weighted by Crippen LogP contribution is 2.15. The second kappa shape index (κ2) is 10.1. The summed E-state index contributed by atoms with van der Waals surface area (Å²) in [6.45, 7) is 5.98. The van der Waals surface area contributed by atoms with Crippen molar-refractivity contribution in [3.05, 3.63) is 56.8 Å². The molecule has 0 bridgehead atoms. The van der Waals surface area contributed by atoms with Crippen molar-refractivity contribution in [2.24, 2.45) is 0 Å². The van der Waals surface area contributed by atoms with Crippen LogP contribution in [0.4, 0.5) is 4.39 Å². The Kier molecular flexibility index (Phi) is 6.96. The fourth-order valence-corrected chi connectivity index (χ4v) is 3.97. The van der Waals surface area contributed by atoms with Crippen LogP contribution in [0.25, 0.3) is 17.2 Å². The van der Waals surface area contributed by atoms with E-state index in [9.17, 15) is 18.8 Å². The Hall–Kier alpha value is -3.67. The molecule has 34 heavy (non-hydrogen) atoms. The first-order valence-corrected chi connectivity index (χ1v) is 11.3. The van der Waals surface area contributed by atoms with Crippen LogP contribution in [-0.4, -0.2) is 61.0 Å². The van der Waals surface area contributed by atoms with Crippen molar-refractivity contribution in [2.45, 2.75) is 45.7 Å². The lowest BCUT2D eigenvalue weighted by molar-refractivity contribution is 0.0895. The number of carbonyl (C=O) groups excluding carboxylic acids is 1. The second-order valence-electron chi connectivity index (χ2n) is 8.13. The number of benzene rings is 1. The van der Waals surface area contributed by atoms with E-state index in [4.69, 9.17) is 4.52 Å². The van der Waals surface area contributed by atoms with E-state index in [1.807, 2.05) is 0 Å². The number of likely N-dealkylation sites (tertiary alicyclic amines) is 1. The van der Waals surface area contributed by atoms with Crippen molar-refractivity contribution in [3.8, 4) is 17.2 Å². The molecule has 1 aliphatic heterocycles. The summed E-state index contributed by atoms with van der Waals surface area (Å²) in [5.41, 5.74) is -1.44. The number of rotatable bonds is 7. The Bertz CT molecular complexity index is 1280. The molecule has 2 aromatic heterocycles. The molecule has 0 saturated carbocycles. The Balaban J connectivity index is 1.55. The summed E-state index contributed by atoms with van der Waals surface area (Å²) >= 11 is 0. The van der Waals surface area contributed by atoms with Gasteiger partial charge in [0.2, 0.25) is 5.82 Å². The van der Waals surface area contributed by atoms with E-state index < -0.39 is 23.0 Å². The minimum Gasteiger partial charge on any atom is -0.347 e. The number of piperidine rings is 1. The molecule has 1 N–H and O–H groups in total. The van der Waals surface area contributed by atoms with Gasteiger partial charge in [-0.1, -0.05) is 11.6 Å². The molecule has 0 unspecified atom stereocenters. The maximum Gasteiger partial charge on any atom is 0.352 e. The molecule has 0 radical (unpaired) electrons. The van der Waals surface area contributed by atoms with E-state index in [2.05, 4.69) is 32.4 Å². The average Bonchev–Trinajstić information content (AvgIpc) is 3.32. The van der Waals surface area contributed by atoms with Crippen LogP contribution in [0.15, 0.2) is 38.4 Å². The predicted molar refractivity (Wildman–Crippen MR) is 120 cm³/mol. The highest BCUT2D eigenvalue weighted by atomic mass is 19.1. The van der Waals surface area contributed by atoms with E-state index in [0.29, 0.717) is 19.1 Å². The van der Waals surface area contributed by atoms with Gasteiger partial charge in [0, 0.05) is 25.7 Å². The van der Waals surface area contributed by atoms with Gasteiger partial charge in [-0.25, -0.2) is 9.18 Å². The van der Waals surface area contributed by atoms with Crippen molar-refractivity contribution < 1.29 is 13.7 Å². The maximum absolute atomic E-state index is 13.3. The van der Waals surface area contributed by atoms with Gasteiger partial charge in [-0.3, -0.25) is 19.1 Å². The Labute approximate surface area is 194 Å². The quantitative estimate of drug-likeness (QED) is 0.545. The van der Waals surface area contributed by atoms with Crippen LogP contribution in [0.1, 0.15) is 43.8 Å². The van der Waals surface area contributed by atoms with Crippen LogP contribution in [0.3, 0.4) is 0 Å². The number of amides is 1. The molecule has 1 atom stereocenters. The lowest BCUT2D eigenvalue weighted by Gasteiger charge is -2.33. The fourth-order valence-electron chi connectivity index (χ4n) is 3.97. The molecule has 1 saturated heterocycles. The first-order chi connectivity index (χ1) is 16.4. The molecule has 1 aromatic carbocycles. The minimum absolute atomic E-state index is 0.0640. The second-order valence-corrected chi connectivity index (χ2v) is 8.13. The van der Waals surface area contributed by atoms with Gasteiger partial charge in [0.1, 0.15) is 5.82 Å². The molecule has 1 aliphatic rings. The van der Waals surface area contributed by atoms with Gasteiger partial charge < -0.3 is 9.84 Å². The first-order valence-electron chi connectivity index (χ1n) is 11.3. The van der Waals surface area contributed by atoms with E-state index in [1.165, 1.54) is 30.7 Å². The molecule has 11 nitrogen and oxygen atoms in total. The van der Waals surface area contributed by atoms with Crippen molar-refractivity contribution in [2.75, 3.05) is 19.6 Å². The summed E-state index contributed by atoms with van der Waals surface area (Å²) in [6.07, 6.45) is 3.51. The number of nitrogens with one attached hydrogen (secondary N) is 1. The SMILES string of the molecule is CCn1c(=O)c(-c2noc(C(=O)NCCN3CCCC[C@H]3C)n2)nn(-c2ccc(F)cc2)c1=O. The normalized spacial score (nSPS) is 16.5. The summed E-state index contributed by atoms with van der Waals surface area (Å²) in [6, 6.07) is 5.54. The number of aromatic nitrogens is 5. The highest BCUT2D eigenvalue weighted by molar-refractivity contribution is 5.89. The van der Waals surface area contributed by atoms with E-state index in [1.54, 1.807) is 6.92 Å². The molecule has 12 heteroatoms. The average molecular weight is 471 g/mol. The van der Waals surface area contributed by atoms with Crippen LogP contribution in [-0.2, 0) is 6.54 Å². The van der Waals surface area contributed by atoms with Gasteiger partial charge in [0.25, 0.3) is 5.56 Å². The van der Waals surface area contributed by atoms with Gasteiger partial charge >= 0.3 is 17.5 Å². The zero-order valence-electron chi connectivity index (χ0n) is 19.0. The standard InChI is InChI=1S/C22H26FN7O4/c1-3-29-21(32)17(26-30(22(29)33)16-9-7-15(23)8-10-16)18-25-20(34-27-18)19(31)24-11-13-28-12-5-4-6-14(28)2/h7-10,14H,3-6,11-13H2,1-2H3,(H,24,31)/t14-/m1/s1. The Morgan fingerprint density at radius 2 is 2.00 bits per heavy atom. The van der Waals surface area contributed by atoms with Crippen molar-refractivity contribution in [1.29, 1.82) is 0 Å². The molecule has 180 valence electrons. The summed E-state index contributed by atoms with van der Waals surface area (Å²) in [7, 11) is 0. The molecule has 1 amide bonds. The van der Waals surface area contributed by atoms with Gasteiger partial charge in [0.15, 0.2) is 5.69 Å². The molecule has 0 aliphatic carbocycles. The predicted octanol–water partition coefficient (Wildman–Crippen LogP) is 1.21. The molecule has 3 aromatic rings. The van der Waals surface area contributed by atoms with Crippen LogP contribution >= 0.6 is 0 Å². The van der Waals surface area contributed by atoms with Crippen molar-refractivity contribution in [3.63, 3.8) is 0 Å². The molecule has 3 heterocycles. The lowest BCUT2D eigenvalue weighted by atomic mass is 10.0. The number of nitrogens with zero attached hydrogens (tertiary/aromatic N) is 6. The smallest absolute Gasteiger partial charge is 0.347 e.